The van der Waals surface area contributed by atoms with Gasteiger partial charge in [0.25, 0.3) is 0 Å². The van der Waals surface area contributed by atoms with E-state index in [0.29, 0.717) is 5.56 Å². The van der Waals surface area contributed by atoms with Crippen LogP contribution in [0.15, 0.2) is 24.3 Å². The van der Waals surface area contributed by atoms with Gasteiger partial charge in [-0.2, -0.15) is 0 Å². The molecule has 17 heavy (non-hydrogen) atoms. The summed E-state index contributed by atoms with van der Waals surface area (Å²) in [4.78, 5) is 2.14. The highest BCUT2D eigenvalue weighted by molar-refractivity contribution is 7.12. The maximum Gasteiger partial charge on any atom is 0.159 e. The summed E-state index contributed by atoms with van der Waals surface area (Å²) in [5, 5.41) is -0.428. The number of hydrogen-bond donors (Lipinski definition) is 0. The third-order valence-corrected chi connectivity index (χ3v) is 4.51. The standard InChI is InChI=1S/C13H11ClF2S/c1-7-5-12(17-8(7)2)13(14)9-3-4-10(15)11(16)6-9/h3-6,13H,1-2H3. The summed E-state index contributed by atoms with van der Waals surface area (Å²) >= 11 is 7.84. The lowest BCUT2D eigenvalue weighted by atomic mass is 10.1. The first-order valence-corrected chi connectivity index (χ1v) is 6.40. The summed E-state index contributed by atoms with van der Waals surface area (Å²) in [7, 11) is 0. The first-order valence-electron chi connectivity index (χ1n) is 5.15. The Hall–Kier alpha value is -0.930. The van der Waals surface area contributed by atoms with Crippen LogP contribution in [-0.2, 0) is 0 Å². The summed E-state index contributed by atoms with van der Waals surface area (Å²) in [6.07, 6.45) is 0. The number of thiophene rings is 1. The fourth-order valence-corrected chi connectivity index (χ4v) is 2.94. The van der Waals surface area contributed by atoms with Crippen molar-refractivity contribution >= 4 is 22.9 Å². The van der Waals surface area contributed by atoms with Crippen LogP contribution in [0.2, 0.25) is 0 Å². The van der Waals surface area contributed by atoms with Crippen molar-refractivity contribution in [2.75, 3.05) is 0 Å². The first-order chi connectivity index (χ1) is 7.99. The van der Waals surface area contributed by atoms with E-state index in [1.807, 2.05) is 19.9 Å². The van der Waals surface area contributed by atoms with Crippen LogP contribution in [0.1, 0.15) is 26.3 Å². The molecule has 1 atom stereocenters. The van der Waals surface area contributed by atoms with Gasteiger partial charge in [0.15, 0.2) is 11.6 Å². The molecule has 2 rings (SSSR count). The molecule has 0 bridgehead atoms. The molecule has 0 aliphatic rings. The molecule has 1 aromatic heterocycles. The lowest BCUT2D eigenvalue weighted by molar-refractivity contribution is 0.507. The van der Waals surface area contributed by atoms with Crippen molar-refractivity contribution in [3.8, 4) is 0 Å². The molecule has 4 heteroatoms. The highest BCUT2D eigenvalue weighted by Gasteiger charge is 2.16. The maximum atomic E-state index is 13.1. The van der Waals surface area contributed by atoms with Gasteiger partial charge in [0.2, 0.25) is 0 Å². The predicted molar refractivity (Wildman–Crippen MR) is 67.8 cm³/mol. The monoisotopic (exact) mass is 272 g/mol. The molecule has 0 saturated carbocycles. The van der Waals surface area contributed by atoms with Gasteiger partial charge in [-0.15, -0.1) is 22.9 Å². The summed E-state index contributed by atoms with van der Waals surface area (Å²) in [5.74, 6) is -1.71. The summed E-state index contributed by atoms with van der Waals surface area (Å²) in [6.45, 7) is 4.02. The van der Waals surface area contributed by atoms with Crippen molar-refractivity contribution in [2.24, 2.45) is 0 Å². The molecule has 0 radical (unpaired) electrons. The van der Waals surface area contributed by atoms with E-state index in [-0.39, 0.29) is 0 Å². The van der Waals surface area contributed by atoms with Crippen LogP contribution in [-0.4, -0.2) is 0 Å². The van der Waals surface area contributed by atoms with Gasteiger partial charge in [0, 0.05) is 9.75 Å². The molecule has 0 aliphatic carbocycles. The smallest absolute Gasteiger partial charge is 0.159 e. The zero-order chi connectivity index (χ0) is 12.6. The second-order valence-corrected chi connectivity index (χ2v) is 5.65. The van der Waals surface area contributed by atoms with Crippen molar-refractivity contribution in [3.05, 3.63) is 56.8 Å². The van der Waals surface area contributed by atoms with Crippen LogP contribution in [0, 0.1) is 25.5 Å². The molecule has 0 amide bonds. The summed E-state index contributed by atoms with van der Waals surface area (Å²) in [5.41, 5.74) is 1.74. The minimum atomic E-state index is -0.863. The molecule has 0 spiro atoms. The second-order valence-electron chi connectivity index (χ2n) is 3.92. The van der Waals surface area contributed by atoms with Crippen LogP contribution in [0.5, 0.6) is 0 Å². The lowest BCUT2D eigenvalue weighted by Crippen LogP contribution is -1.93. The van der Waals surface area contributed by atoms with Crippen molar-refractivity contribution in [2.45, 2.75) is 19.2 Å². The van der Waals surface area contributed by atoms with E-state index in [1.165, 1.54) is 16.5 Å². The van der Waals surface area contributed by atoms with Crippen LogP contribution >= 0.6 is 22.9 Å². The Morgan fingerprint density at radius 2 is 1.82 bits per heavy atom. The Kier molecular flexibility index (Phi) is 3.50. The average molecular weight is 273 g/mol. The minimum Gasteiger partial charge on any atom is -0.204 e. The van der Waals surface area contributed by atoms with Gasteiger partial charge in [-0.3, -0.25) is 0 Å². The highest BCUT2D eigenvalue weighted by Crippen LogP contribution is 2.35. The summed E-state index contributed by atoms with van der Waals surface area (Å²) in [6, 6.07) is 5.75. The van der Waals surface area contributed by atoms with Gasteiger partial charge < -0.3 is 0 Å². The van der Waals surface area contributed by atoms with E-state index in [4.69, 9.17) is 11.6 Å². The molecular formula is C13H11ClF2S. The number of halogens is 3. The van der Waals surface area contributed by atoms with E-state index in [2.05, 4.69) is 0 Å². The molecule has 0 nitrogen and oxygen atoms in total. The van der Waals surface area contributed by atoms with Crippen LogP contribution in [0.3, 0.4) is 0 Å². The van der Waals surface area contributed by atoms with Crippen LogP contribution in [0.25, 0.3) is 0 Å². The lowest BCUT2D eigenvalue weighted by Gasteiger charge is -2.07. The predicted octanol–water partition coefficient (Wildman–Crippen LogP) is 4.97. The quantitative estimate of drug-likeness (QED) is 0.677. The topological polar surface area (TPSA) is 0 Å². The molecule has 1 heterocycles. The van der Waals surface area contributed by atoms with Crippen LogP contribution in [0.4, 0.5) is 8.78 Å². The molecule has 0 fully saturated rings. The third kappa shape index (κ3) is 2.50. The van der Waals surface area contributed by atoms with E-state index < -0.39 is 17.0 Å². The second kappa shape index (κ2) is 4.75. The van der Waals surface area contributed by atoms with E-state index in [1.54, 1.807) is 11.3 Å². The van der Waals surface area contributed by atoms with Gasteiger partial charge >= 0.3 is 0 Å². The molecule has 1 unspecified atom stereocenters. The van der Waals surface area contributed by atoms with E-state index in [9.17, 15) is 8.78 Å². The number of alkyl halides is 1. The molecule has 0 aliphatic heterocycles. The fraction of sp³-hybridized carbons (Fsp3) is 0.231. The number of aryl methyl sites for hydroxylation is 2. The average Bonchev–Trinajstić information content (AvgIpc) is 2.62. The Balaban J connectivity index is 2.36. The Morgan fingerprint density at radius 1 is 1.12 bits per heavy atom. The maximum absolute atomic E-state index is 13.1. The van der Waals surface area contributed by atoms with Crippen molar-refractivity contribution in [3.63, 3.8) is 0 Å². The molecular weight excluding hydrogens is 262 g/mol. The van der Waals surface area contributed by atoms with E-state index in [0.717, 1.165) is 17.0 Å². The van der Waals surface area contributed by atoms with Crippen molar-refractivity contribution in [1.82, 2.24) is 0 Å². The molecule has 0 N–H and O–H groups in total. The van der Waals surface area contributed by atoms with Gasteiger partial charge in [-0.1, -0.05) is 6.07 Å². The third-order valence-electron chi connectivity index (χ3n) is 2.67. The van der Waals surface area contributed by atoms with Gasteiger partial charge in [0.05, 0.1) is 5.38 Å². The first kappa shape index (κ1) is 12.5. The van der Waals surface area contributed by atoms with Crippen LogP contribution < -0.4 is 0 Å². The number of rotatable bonds is 2. The Bertz CT molecular complexity index is 529. The fourth-order valence-electron chi connectivity index (χ4n) is 1.56. The number of hydrogen-bond acceptors (Lipinski definition) is 1. The Morgan fingerprint density at radius 3 is 2.35 bits per heavy atom. The SMILES string of the molecule is Cc1cc(C(Cl)c2ccc(F)c(F)c2)sc1C. The minimum absolute atomic E-state index is 0.428. The van der Waals surface area contributed by atoms with Gasteiger partial charge in [-0.25, -0.2) is 8.78 Å². The molecule has 0 saturated heterocycles. The number of benzene rings is 1. The zero-order valence-electron chi connectivity index (χ0n) is 9.43. The van der Waals surface area contributed by atoms with Crippen molar-refractivity contribution in [1.29, 1.82) is 0 Å². The zero-order valence-corrected chi connectivity index (χ0v) is 11.0. The normalized spacial score (nSPS) is 12.8. The van der Waals surface area contributed by atoms with Gasteiger partial charge in [0.1, 0.15) is 0 Å². The summed E-state index contributed by atoms with van der Waals surface area (Å²) < 4.78 is 25.9. The van der Waals surface area contributed by atoms with Crippen molar-refractivity contribution < 1.29 is 8.78 Å². The Labute approximate surface area is 108 Å². The molecule has 1 aromatic carbocycles. The molecule has 90 valence electrons. The van der Waals surface area contributed by atoms with Gasteiger partial charge in [-0.05, 0) is 43.2 Å². The highest BCUT2D eigenvalue weighted by atomic mass is 35.5. The molecule has 2 aromatic rings. The largest absolute Gasteiger partial charge is 0.204 e. The van der Waals surface area contributed by atoms with E-state index >= 15 is 0 Å².